The number of rotatable bonds is 5. The monoisotopic (exact) mass is 436 g/mol. The zero-order valence-electron chi connectivity index (χ0n) is 17.9. The molecule has 6 heteroatoms. The fraction of sp³-hybridized carbons (Fsp3) is 0.400. The van der Waals surface area contributed by atoms with E-state index in [0.29, 0.717) is 32.5 Å². The lowest BCUT2D eigenvalue weighted by Gasteiger charge is -2.32. The van der Waals surface area contributed by atoms with Crippen molar-refractivity contribution in [3.05, 3.63) is 59.7 Å². The van der Waals surface area contributed by atoms with Crippen molar-refractivity contribution in [2.75, 3.05) is 30.3 Å². The van der Waals surface area contributed by atoms with Crippen LogP contribution >= 0.6 is 11.8 Å². The van der Waals surface area contributed by atoms with Gasteiger partial charge < -0.3 is 9.80 Å². The van der Waals surface area contributed by atoms with Crippen molar-refractivity contribution in [1.29, 1.82) is 0 Å². The molecule has 1 fully saturated rings. The van der Waals surface area contributed by atoms with Crippen LogP contribution in [0.15, 0.2) is 53.4 Å². The number of piperidine rings is 1. The van der Waals surface area contributed by atoms with Gasteiger partial charge in [-0.15, -0.1) is 11.8 Å². The summed E-state index contributed by atoms with van der Waals surface area (Å²) >= 11 is 1.76. The second-order valence-corrected chi connectivity index (χ2v) is 9.38. The zero-order valence-corrected chi connectivity index (χ0v) is 18.7. The normalized spacial score (nSPS) is 16.7. The number of benzene rings is 2. The van der Waals surface area contributed by atoms with E-state index in [1.807, 2.05) is 65.3 Å². The molecule has 0 bridgehead atoms. The number of para-hydroxylation sites is 1. The molecule has 1 saturated heterocycles. The van der Waals surface area contributed by atoms with Gasteiger partial charge in [-0.1, -0.05) is 42.0 Å². The quantitative estimate of drug-likeness (QED) is 0.655. The van der Waals surface area contributed by atoms with E-state index in [9.17, 15) is 14.4 Å². The van der Waals surface area contributed by atoms with E-state index in [1.165, 1.54) is 0 Å². The van der Waals surface area contributed by atoms with E-state index in [2.05, 4.69) is 0 Å². The van der Waals surface area contributed by atoms with Crippen molar-refractivity contribution in [3.63, 3.8) is 0 Å². The summed E-state index contributed by atoms with van der Waals surface area (Å²) in [4.78, 5) is 42.9. The van der Waals surface area contributed by atoms with Crippen molar-refractivity contribution in [3.8, 4) is 0 Å². The number of anilines is 1. The van der Waals surface area contributed by atoms with E-state index < -0.39 is 0 Å². The van der Waals surface area contributed by atoms with Crippen molar-refractivity contribution in [2.45, 2.75) is 37.5 Å². The van der Waals surface area contributed by atoms with Crippen molar-refractivity contribution in [1.82, 2.24) is 4.90 Å². The summed E-state index contributed by atoms with van der Waals surface area (Å²) in [7, 11) is 0. The van der Waals surface area contributed by atoms with Crippen LogP contribution in [-0.4, -0.2) is 47.9 Å². The lowest BCUT2D eigenvalue weighted by atomic mass is 9.88. The van der Waals surface area contributed by atoms with Crippen molar-refractivity contribution < 1.29 is 14.4 Å². The molecule has 31 heavy (non-hydrogen) atoms. The number of aryl methyl sites for hydroxylation is 1. The fourth-order valence-electron chi connectivity index (χ4n) is 4.28. The minimum atomic E-state index is -0.0317. The first kappa shape index (κ1) is 21.6. The van der Waals surface area contributed by atoms with Crippen molar-refractivity contribution >= 4 is 35.0 Å². The van der Waals surface area contributed by atoms with Gasteiger partial charge in [-0.2, -0.15) is 0 Å². The number of hydrogen-bond donors (Lipinski definition) is 0. The molecule has 2 aromatic rings. The van der Waals surface area contributed by atoms with E-state index in [-0.39, 0.29) is 36.4 Å². The maximum atomic E-state index is 12.8. The van der Waals surface area contributed by atoms with Gasteiger partial charge in [-0.25, -0.2) is 0 Å². The molecule has 0 N–H and O–H groups in total. The number of Topliss-reactive ketones (excluding diaryl/α,β-unsaturated/α-hetero) is 1. The predicted molar refractivity (Wildman–Crippen MR) is 124 cm³/mol. The van der Waals surface area contributed by atoms with Gasteiger partial charge in [-0.3, -0.25) is 14.4 Å². The number of nitrogens with zero attached hydrogens (tertiary/aromatic N) is 2. The highest BCUT2D eigenvalue weighted by atomic mass is 32.2. The Kier molecular flexibility index (Phi) is 6.76. The molecular formula is C25H28N2O3S. The summed E-state index contributed by atoms with van der Waals surface area (Å²) in [6, 6.07) is 15.6. The number of fused-ring (bicyclic) bond motifs is 1. The maximum Gasteiger partial charge on any atom is 0.227 e. The summed E-state index contributed by atoms with van der Waals surface area (Å²) in [5.74, 6) is 1.03. The molecule has 0 atom stereocenters. The molecule has 162 valence electrons. The number of amides is 2. The number of hydrogen-bond acceptors (Lipinski definition) is 4. The molecule has 0 radical (unpaired) electrons. The van der Waals surface area contributed by atoms with Gasteiger partial charge >= 0.3 is 0 Å². The van der Waals surface area contributed by atoms with Gasteiger partial charge in [0, 0.05) is 54.6 Å². The molecule has 2 aliphatic heterocycles. The molecule has 0 aromatic heterocycles. The van der Waals surface area contributed by atoms with Crippen LogP contribution in [0, 0.1) is 12.8 Å². The molecule has 2 heterocycles. The molecule has 0 spiro atoms. The number of thioether (sulfide) groups is 1. The smallest absolute Gasteiger partial charge is 0.227 e. The first-order chi connectivity index (χ1) is 15.0. The van der Waals surface area contributed by atoms with Crippen molar-refractivity contribution in [2.24, 2.45) is 5.92 Å². The first-order valence-corrected chi connectivity index (χ1v) is 11.9. The van der Waals surface area contributed by atoms with E-state index >= 15 is 0 Å². The average molecular weight is 437 g/mol. The van der Waals surface area contributed by atoms with Crippen LogP contribution in [0.25, 0.3) is 0 Å². The van der Waals surface area contributed by atoms with Crippen LogP contribution in [0.5, 0.6) is 0 Å². The third kappa shape index (κ3) is 5.01. The summed E-state index contributed by atoms with van der Waals surface area (Å²) in [5.41, 5.74) is 2.84. The standard InChI is InChI=1S/C25H28N2O3S/c1-18-6-8-19(9-7-18)25(30)20-12-14-26(15-13-20)23(28)10-11-24(29)27-16-17-31-22-5-3-2-4-21(22)27/h2-9,20H,10-17H2,1H3. The van der Waals surface area contributed by atoms with E-state index in [4.69, 9.17) is 0 Å². The highest BCUT2D eigenvalue weighted by Gasteiger charge is 2.29. The molecule has 5 nitrogen and oxygen atoms in total. The van der Waals surface area contributed by atoms with Crippen LogP contribution in [-0.2, 0) is 9.59 Å². The molecule has 0 unspecified atom stereocenters. The topological polar surface area (TPSA) is 57.7 Å². The summed E-state index contributed by atoms with van der Waals surface area (Å²) < 4.78 is 0. The van der Waals surface area contributed by atoms with Crippen LogP contribution < -0.4 is 4.90 Å². The molecule has 0 aliphatic carbocycles. The lowest BCUT2D eigenvalue weighted by Crippen LogP contribution is -2.41. The van der Waals surface area contributed by atoms with E-state index in [1.54, 1.807) is 11.8 Å². The molecule has 0 saturated carbocycles. The molecule has 2 aliphatic rings. The minimum Gasteiger partial charge on any atom is -0.343 e. The second-order valence-electron chi connectivity index (χ2n) is 8.25. The number of carbonyl (C=O) groups is 3. The van der Waals surface area contributed by atoms with Gasteiger partial charge in [-0.05, 0) is 31.9 Å². The Bertz CT molecular complexity index is 965. The van der Waals surface area contributed by atoms with Gasteiger partial charge in [0.1, 0.15) is 0 Å². The highest BCUT2D eigenvalue weighted by molar-refractivity contribution is 7.99. The Morgan fingerprint density at radius 2 is 1.58 bits per heavy atom. The fourth-order valence-corrected chi connectivity index (χ4v) is 5.27. The van der Waals surface area contributed by atoms with Gasteiger partial charge in [0.25, 0.3) is 0 Å². The predicted octanol–water partition coefficient (Wildman–Crippen LogP) is 4.34. The Morgan fingerprint density at radius 3 is 2.32 bits per heavy atom. The van der Waals surface area contributed by atoms with E-state index in [0.717, 1.165) is 27.5 Å². The first-order valence-electron chi connectivity index (χ1n) is 10.9. The van der Waals surface area contributed by atoms with Crippen LogP contribution in [0.4, 0.5) is 5.69 Å². The number of carbonyl (C=O) groups excluding carboxylic acids is 3. The molecule has 2 amide bonds. The highest BCUT2D eigenvalue weighted by Crippen LogP contribution is 2.34. The van der Waals surface area contributed by atoms with Crippen LogP contribution in [0.3, 0.4) is 0 Å². The Labute approximate surface area is 187 Å². The Hall–Kier alpha value is -2.60. The third-order valence-electron chi connectivity index (χ3n) is 6.14. The minimum absolute atomic E-state index is 0.00512. The summed E-state index contributed by atoms with van der Waals surface area (Å²) in [6.07, 6.45) is 1.81. The zero-order chi connectivity index (χ0) is 21.8. The Morgan fingerprint density at radius 1 is 0.903 bits per heavy atom. The van der Waals surface area contributed by atoms with Crippen LogP contribution in [0.2, 0.25) is 0 Å². The van der Waals surface area contributed by atoms with Crippen LogP contribution in [0.1, 0.15) is 41.6 Å². The number of likely N-dealkylation sites (tertiary alicyclic amines) is 1. The molecular weight excluding hydrogens is 408 g/mol. The maximum absolute atomic E-state index is 12.8. The number of ketones is 1. The Balaban J connectivity index is 1.26. The molecule has 2 aromatic carbocycles. The van der Waals surface area contributed by atoms with Gasteiger partial charge in [0.15, 0.2) is 5.78 Å². The summed E-state index contributed by atoms with van der Waals surface area (Å²) in [5, 5.41) is 0. The summed E-state index contributed by atoms with van der Waals surface area (Å²) in [6.45, 7) is 3.85. The molecule has 4 rings (SSSR count). The van der Waals surface area contributed by atoms with Gasteiger partial charge in [0.05, 0.1) is 5.69 Å². The van der Waals surface area contributed by atoms with Gasteiger partial charge in [0.2, 0.25) is 11.8 Å². The average Bonchev–Trinajstić information content (AvgIpc) is 2.82. The largest absolute Gasteiger partial charge is 0.343 e. The second kappa shape index (κ2) is 9.69. The lowest BCUT2D eigenvalue weighted by molar-refractivity contribution is -0.134. The SMILES string of the molecule is Cc1ccc(C(=O)C2CCN(C(=O)CCC(=O)N3CCSc4ccccc43)CC2)cc1. The third-order valence-corrected chi connectivity index (χ3v) is 7.18.